The lowest BCUT2D eigenvalue weighted by atomic mass is 10.0. The summed E-state index contributed by atoms with van der Waals surface area (Å²) < 4.78 is 9.82. The number of methoxy groups -OCH3 is 1. The van der Waals surface area contributed by atoms with Crippen molar-refractivity contribution in [2.24, 2.45) is 0 Å². The number of halogens is 1. The van der Waals surface area contributed by atoms with E-state index in [1.165, 1.54) is 20.1 Å². The van der Waals surface area contributed by atoms with Crippen LogP contribution in [0.25, 0.3) is 11.3 Å². The Bertz CT molecular complexity index is 730. The molecule has 2 aromatic rings. The van der Waals surface area contributed by atoms with Gasteiger partial charge in [-0.15, -0.1) is 0 Å². The van der Waals surface area contributed by atoms with E-state index in [-0.39, 0.29) is 12.4 Å². The van der Waals surface area contributed by atoms with Crippen LogP contribution < -0.4 is 5.32 Å². The van der Waals surface area contributed by atoms with E-state index >= 15 is 0 Å². The van der Waals surface area contributed by atoms with Crippen molar-refractivity contribution in [2.45, 2.75) is 12.5 Å². The van der Waals surface area contributed by atoms with Gasteiger partial charge in [0.2, 0.25) is 5.76 Å². The van der Waals surface area contributed by atoms with E-state index in [0.717, 1.165) is 0 Å². The van der Waals surface area contributed by atoms with Crippen LogP contribution in [0.5, 0.6) is 0 Å². The Morgan fingerprint density at radius 2 is 2.17 bits per heavy atom. The van der Waals surface area contributed by atoms with Gasteiger partial charge in [0.05, 0.1) is 6.61 Å². The summed E-state index contributed by atoms with van der Waals surface area (Å²) in [6.07, 6.45) is 0. The monoisotopic (exact) mass is 338 g/mol. The Morgan fingerprint density at radius 1 is 1.43 bits per heavy atom. The van der Waals surface area contributed by atoms with Gasteiger partial charge in [0.15, 0.2) is 5.54 Å². The third-order valence-electron chi connectivity index (χ3n) is 3.15. The summed E-state index contributed by atoms with van der Waals surface area (Å²) in [5.41, 5.74) is -0.478. The van der Waals surface area contributed by atoms with Crippen LogP contribution >= 0.6 is 11.6 Å². The largest absolute Gasteiger partial charge is 0.479 e. The molecule has 0 aliphatic rings. The van der Waals surface area contributed by atoms with Crippen molar-refractivity contribution in [1.29, 1.82) is 0 Å². The molecule has 1 aromatic heterocycles. The van der Waals surface area contributed by atoms with Crippen molar-refractivity contribution in [2.75, 3.05) is 13.7 Å². The van der Waals surface area contributed by atoms with E-state index in [1.807, 2.05) is 0 Å². The number of carbonyl (C=O) groups is 2. The standard InChI is InChI=1S/C15H15ClN2O5/c1-15(8-22-2,14(20)21)17-13(19)12-7-11(18-23-12)9-4-3-5-10(16)6-9/h3-7H,8H2,1-2H3,(H,17,19)(H,20,21). The molecule has 0 bridgehead atoms. The summed E-state index contributed by atoms with van der Waals surface area (Å²) in [7, 11) is 1.35. The first kappa shape index (κ1) is 17.0. The molecule has 8 heteroatoms. The van der Waals surface area contributed by atoms with Crippen LogP contribution in [0.3, 0.4) is 0 Å². The normalized spacial score (nSPS) is 13.3. The second kappa shape index (κ2) is 6.80. The summed E-state index contributed by atoms with van der Waals surface area (Å²) >= 11 is 5.90. The van der Waals surface area contributed by atoms with Crippen molar-refractivity contribution in [1.82, 2.24) is 10.5 Å². The summed E-state index contributed by atoms with van der Waals surface area (Å²) in [5, 5.41) is 15.9. The number of carbonyl (C=O) groups excluding carboxylic acids is 1. The highest BCUT2D eigenvalue weighted by Crippen LogP contribution is 2.22. The fourth-order valence-electron chi connectivity index (χ4n) is 1.92. The van der Waals surface area contributed by atoms with Gasteiger partial charge in [0.1, 0.15) is 5.69 Å². The van der Waals surface area contributed by atoms with Gasteiger partial charge in [0, 0.05) is 23.8 Å². The molecule has 1 heterocycles. The number of hydrogen-bond acceptors (Lipinski definition) is 5. The Morgan fingerprint density at radius 3 is 2.78 bits per heavy atom. The maximum Gasteiger partial charge on any atom is 0.331 e. The number of benzene rings is 1. The first-order valence-electron chi connectivity index (χ1n) is 6.63. The molecule has 0 radical (unpaired) electrons. The quantitative estimate of drug-likeness (QED) is 0.837. The topological polar surface area (TPSA) is 102 Å². The number of nitrogens with one attached hydrogen (secondary N) is 1. The number of nitrogens with zero attached hydrogens (tertiary/aromatic N) is 1. The number of carboxylic acid groups (broad SMARTS) is 1. The van der Waals surface area contributed by atoms with Gasteiger partial charge in [-0.2, -0.15) is 0 Å². The molecule has 1 amide bonds. The number of hydrogen-bond donors (Lipinski definition) is 2. The number of ether oxygens (including phenoxy) is 1. The maximum atomic E-state index is 12.2. The summed E-state index contributed by atoms with van der Waals surface area (Å²) in [6, 6.07) is 8.30. The van der Waals surface area contributed by atoms with Gasteiger partial charge in [-0.3, -0.25) is 4.79 Å². The van der Waals surface area contributed by atoms with Gasteiger partial charge < -0.3 is 19.7 Å². The molecule has 0 spiro atoms. The maximum absolute atomic E-state index is 12.2. The van der Waals surface area contributed by atoms with Crippen LogP contribution in [0.15, 0.2) is 34.9 Å². The van der Waals surface area contributed by atoms with Crippen LogP contribution in [-0.4, -0.2) is 41.4 Å². The fourth-order valence-corrected chi connectivity index (χ4v) is 2.11. The minimum Gasteiger partial charge on any atom is -0.479 e. The molecule has 2 rings (SSSR count). The molecule has 0 saturated heterocycles. The number of aliphatic carboxylic acids is 1. The lowest BCUT2D eigenvalue weighted by Gasteiger charge is -2.24. The zero-order valence-corrected chi connectivity index (χ0v) is 13.3. The van der Waals surface area contributed by atoms with Gasteiger partial charge in [-0.1, -0.05) is 28.9 Å². The van der Waals surface area contributed by atoms with E-state index in [0.29, 0.717) is 16.3 Å². The minimum atomic E-state index is -1.57. The smallest absolute Gasteiger partial charge is 0.331 e. The second-order valence-electron chi connectivity index (χ2n) is 5.11. The fraction of sp³-hybridized carbons (Fsp3) is 0.267. The van der Waals surface area contributed by atoms with Crippen molar-refractivity contribution in [3.8, 4) is 11.3 Å². The highest BCUT2D eigenvalue weighted by atomic mass is 35.5. The van der Waals surface area contributed by atoms with E-state index in [1.54, 1.807) is 24.3 Å². The van der Waals surface area contributed by atoms with Gasteiger partial charge in [-0.05, 0) is 19.1 Å². The predicted molar refractivity (Wildman–Crippen MR) is 82.3 cm³/mol. The average molecular weight is 339 g/mol. The van der Waals surface area contributed by atoms with E-state index in [4.69, 9.17) is 20.9 Å². The number of amides is 1. The van der Waals surface area contributed by atoms with Crippen molar-refractivity contribution in [3.63, 3.8) is 0 Å². The Hall–Kier alpha value is -2.38. The number of aromatic nitrogens is 1. The molecular formula is C15H15ClN2O5. The molecular weight excluding hydrogens is 324 g/mol. The minimum absolute atomic E-state index is 0.108. The lowest BCUT2D eigenvalue weighted by Crippen LogP contribution is -2.55. The predicted octanol–water partition coefficient (Wildman–Crippen LogP) is 2.21. The van der Waals surface area contributed by atoms with Gasteiger partial charge in [0.25, 0.3) is 5.91 Å². The molecule has 7 nitrogen and oxygen atoms in total. The zero-order chi connectivity index (χ0) is 17.0. The Labute approximate surface area is 137 Å². The van der Waals surface area contributed by atoms with Crippen LogP contribution in [0.1, 0.15) is 17.5 Å². The highest BCUT2D eigenvalue weighted by molar-refractivity contribution is 6.30. The van der Waals surface area contributed by atoms with Crippen LogP contribution in [-0.2, 0) is 9.53 Å². The molecule has 0 aliphatic carbocycles. The number of carboxylic acids is 1. The second-order valence-corrected chi connectivity index (χ2v) is 5.55. The van der Waals surface area contributed by atoms with E-state index in [2.05, 4.69) is 10.5 Å². The average Bonchev–Trinajstić information content (AvgIpc) is 2.97. The SMILES string of the molecule is COCC(C)(NC(=O)c1cc(-c2cccc(Cl)c2)no1)C(=O)O. The molecule has 2 N–H and O–H groups in total. The lowest BCUT2D eigenvalue weighted by molar-refractivity contribution is -0.145. The Balaban J connectivity index is 2.20. The molecule has 122 valence electrons. The summed E-state index contributed by atoms with van der Waals surface area (Å²) in [5.74, 6) is -2.03. The Kier molecular flexibility index (Phi) is 5.02. The van der Waals surface area contributed by atoms with Crippen LogP contribution in [0.4, 0.5) is 0 Å². The van der Waals surface area contributed by atoms with Crippen LogP contribution in [0.2, 0.25) is 5.02 Å². The number of rotatable bonds is 6. The van der Waals surface area contributed by atoms with E-state index in [9.17, 15) is 14.7 Å². The van der Waals surface area contributed by atoms with Gasteiger partial charge in [-0.25, -0.2) is 4.79 Å². The third-order valence-corrected chi connectivity index (χ3v) is 3.38. The molecule has 0 fully saturated rings. The van der Waals surface area contributed by atoms with Crippen molar-refractivity contribution >= 4 is 23.5 Å². The summed E-state index contributed by atoms with van der Waals surface area (Å²) in [4.78, 5) is 23.4. The first-order chi connectivity index (χ1) is 10.9. The third kappa shape index (κ3) is 3.88. The van der Waals surface area contributed by atoms with Crippen molar-refractivity contribution in [3.05, 3.63) is 41.1 Å². The molecule has 1 aromatic carbocycles. The van der Waals surface area contributed by atoms with E-state index < -0.39 is 17.4 Å². The molecule has 1 unspecified atom stereocenters. The first-order valence-corrected chi connectivity index (χ1v) is 7.01. The molecule has 0 aliphatic heterocycles. The molecule has 1 atom stereocenters. The summed E-state index contributed by atoms with van der Waals surface area (Å²) in [6.45, 7) is 1.15. The molecule has 0 saturated carbocycles. The van der Waals surface area contributed by atoms with Crippen LogP contribution in [0, 0.1) is 0 Å². The highest BCUT2D eigenvalue weighted by Gasteiger charge is 2.36. The zero-order valence-electron chi connectivity index (χ0n) is 12.5. The molecule has 23 heavy (non-hydrogen) atoms. The van der Waals surface area contributed by atoms with Crippen molar-refractivity contribution < 1.29 is 24.0 Å². The van der Waals surface area contributed by atoms with Gasteiger partial charge >= 0.3 is 5.97 Å².